The molecule has 2 aromatic rings. The molecule has 0 saturated carbocycles. The molecule has 1 fully saturated rings. The van der Waals surface area contributed by atoms with Crippen molar-refractivity contribution in [2.75, 3.05) is 25.0 Å². The minimum absolute atomic E-state index is 0.156. The van der Waals surface area contributed by atoms with E-state index in [1.807, 2.05) is 18.2 Å². The van der Waals surface area contributed by atoms with Crippen LogP contribution in [0.2, 0.25) is 0 Å². The van der Waals surface area contributed by atoms with Crippen molar-refractivity contribution >= 4 is 23.4 Å². The molecule has 0 radical (unpaired) electrons. The van der Waals surface area contributed by atoms with Gasteiger partial charge in [0.15, 0.2) is 0 Å². The molecule has 1 saturated heterocycles. The molecular weight excluding hydrogens is 354 g/mol. The number of benzene rings is 2. The largest absolute Gasteiger partial charge is 0.352 e. The fraction of sp³-hybridized carbons (Fsp3) is 0.318. The Balaban J connectivity index is 1.42. The second kappa shape index (κ2) is 9.28. The Hall–Kier alpha value is -2.99. The molecule has 3 amide bonds. The average molecular weight is 379 g/mol. The van der Waals surface area contributed by atoms with Gasteiger partial charge >= 0.3 is 0 Å². The lowest BCUT2D eigenvalue weighted by Gasteiger charge is -2.17. The van der Waals surface area contributed by atoms with E-state index in [1.54, 1.807) is 24.3 Å². The van der Waals surface area contributed by atoms with Gasteiger partial charge in [-0.15, -0.1) is 0 Å². The monoisotopic (exact) mass is 379 g/mol. The minimum Gasteiger partial charge on any atom is -0.352 e. The normalized spacial score (nSPS) is 14.0. The number of rotatable bonds is 8. The van der Waals surface area contributed by atoms with E-state index in [1.165, 1.54) is 10.5 Å². The molecule has 0 spiro atoms. The van der Waals surface area contributed by atoms with Crippen molar-refractivity contribution in [2.45, 2.75) is 25.8 Å². The quantitative estimate of drug-likeness (QED) is 0.565. The topological polar surface area (TPSA) is 69.7 Å². The van der Waals surface area contributed by atoms with Crippen molar-refractivity contribution in [3.8, 4) is 0 Å². The van der Waals surface area contributed by atoms with Crippen molar-refractivity contribution in [1.82, 2.24) is 10.2 Å². The fourth-order valence-corrected chi connectivity index (χ4v) is 3.25. The van der Waals surface area contributed by atoms with E-state index in [2.05, 4.69) is 29.4 Å². The zero-order valence-electron chi connectivity index (χ0n) is 16.1. The molecule has 6 heteroatoms. The van der Waals surface area contributed by atoms with Crippen LogP contribution >= 0.6 is 0 Å². The van der Waals surface area contributed by atoms with E-state index in [4.69, 9.17) is 0 Å². The van der Waals surface area contributed by atoms with Crippen LogP contribution in [-0.2, 0) is 16.1 Å². The molecular formula is C22H25N3O3. The second-order valence-corrected chi connectivity index (χ2v) is 7.00. The maximum absolute atomic E-state index is 12.3. The summed E-state index contributed by atoms with van der Waals surface area (Å²) in [6.07, 6.45) is 1.35. The lowest BCUT2D eigenvalue weighted by Crippen LogP contribution is -2.29. The highest BCUT2D eigenvalue weighted by Gasteiger charge is 2.30. The number of anilines is 1. The number of imide groups is 1. The van der Waals surface area contributed by atoms with E-state index in [-0.39, 0.29) is 30.6 Å². The van der Waals surface area contributed by atoms with Gasteiger partial charge in [-0.05, 0) is 49.8 Å². The average Bonchev–Trinajstić information content (AvgIpc) is 3.04. The highest BCUT2D eigenvalue weighted by molar-refractivity contribution is 6.19. The lowest BCUT2D eigenvalue weighted by molar-refractivity contribution is -0.121. The van der Waals surface area contributed by atoms with Gasteiger partial charge in [-0.1, -0.05) is 30.3 Å². The number of hydrogen-bond donors (Lipinski definition) is 1. The van der Waals surface area contributed by atoms with Crippen molar-refractivity contribution in [3.05, 3.63) is 65.7 Å². The van der Waals surface area contributed by atoms with E-state index >= 15 is 0 Å². The summed E-state index contributed by atoms with van der Waals surface area (Å²) < 4.78 is 0. The highest BCUT2D eigenvalue weighted by atomic mass is 16.2. The van der Waals surface area contributed by atoms with Gasteiger partial charge in [0.1, 0.15) is 0 Å². The first-order valence-corrected chi connectivity index (χ1v) is 9.51. The number of amides is 3. The molecule has 0 unspecified atom stereocenters. The Morgan fingerprint density at radius 1 is 1.00 bits per heavy atom. The zero-order chi connectivity index (χ0) is 19.9. The predicted octanol–water partition coefficient (Wildman–Crippen LogP) is 2.59. The van der Waals surface area contributed by atoms with Gasteiger partial charge in [0.25, 0.3) is 5.91 Å². The van der Waals surface area contributed by atoms with Crippen LogP contribution in [0.3, 0.4) is 0 Å². The summed E-state index contributed by atoms with van der Waals surface area (Å²) in [5.41, 5.74) is 2.30. The molecule has 0 aromatic heterocycles. The van der Waals surface area contributed by atoms with Crippen molar-refractivity contribution in [3.63, 3.8) is 0 Å². The number of carbonyl (C=O) groups excluding carboxylic acids is 3. The van der Waals surface area contributed by atoms with Crippen LogP contribution in [0.1, 0.15) is 35.2 Å². The zero-order valence-corrected chi connectivity index (χ0v) is 16.1. The van der Waals surface area contributed by atoms with Gasteiger partial charge in [0, 0.05) is 31.5 Å². The summed E-state index contributed by atoms with van der Waals surface area (Å²) in [5.74, 6) is -0.542. The summed E-state index contributed by atoms with van der Waals surface area (Å²) in [6, 6.07) is 16.8. The highest BCUT2D eigenvalue weighted by Crippen LogP contribution is 2.22. The van der Waals surface area contributed by atoms with Gasteiger partial charge in [0.2, 0.25) is 11.8 Å². The van der Waals surface area contributed by atoms with Gasteiger partial charge in [-0.3, -0.25) is 19.3 Å². The SMILES string of the molecule is CN(CCCNC(=O)c1ccc(N2C(=O)CCC2=O)cc1)Cc1ccccc1. The molecule has 3 rings (SSSR count). The molecule has 2 aromatic carbocycles. The molecule has 1 aliphatic rings. The molecule has 0 bridgehead atoms. The second-order valence-electron chi connectivity index (χ2n) is 7.00. The van der Waals surface area contributed by atoms with Gasteiger partial charge < -0.3 is 10.2 Å². The Labute approximate surface area is 165 Å². The minimum atomic E-state index is -0.193. The maximum Gasteiger partial charge on any atom is 0.251 e. The molecule has 1 heterocycles. The van der Waals surface area contributed by atoms with Crippen LogP contribution in [-0.4, -0.2) is 42.8 Å². The number of carbonyl (C=O) groups is 3. The summed E-state index contributed by atoms with van der Waals surface area (Å²) in [5, 5.41) is 2.91. The van der Waals surface area contributed by atoms with Crippen LogP contribution in [0, 0.1) is 0 Å². The standard InChI is InChI=1S/C22H25N3O3/c1-24(16-17-6-3-2-4-7-17)15-5-14-23-22(28)18-8-10-19(11-9-18)25-20(26)12-13-21(25)27/h2-4,6-11H,5,12-16H2,1H3,(H,23,28). The van der Waals surface area contributed by atoms with Crippen molar-refractivity contribution in [2.24, 2.45) is 0 Å². The fourth-order valence-electron chi connectivity index (χ4n) is 3.25. The third-order valence-corrected chi connectivity index (χ3v) is 4.74. The third kappa shape index (κ3) is 5.04. The van der Waals surface area contributed by atoms with Crippen molar-refractivity contribution < 1.29 is 14.4 Å². The molecule has 0 atom stereocenters. The molecule has 146 valence electrons. The first-order valence-electron chi connectivity index (χ1n) is 9.51. The number of nitrogens with zero attached hydrogens (tertiary/aromatic N) is 2. The number of nitrogens with one attached hydrogen (secondary N) is 1. The third-order valence-electron chi connectivity index (χ3n) is 4.74. The first-order chi connectivity index (χ1) is 13.5. The summed E-state index contributed by atoms with van der Waals surface area (Å²) >= 11 is 0. The van der Waals surface area contributed by atoms with E-state index in [0.29, 0.717) is 17.8 Å². The number of hydrogen-bond acceptors (Lipinski definition) is 4. The summed E-state index contributed by atoms with van der Waals surface area (Å²) in [4.78, 5) is 39.2. The molecule has 28 heavy (non-hydrogen) atoms. The van der Waals surface area contributed by atoms with Gasteiger partial charge in [-0.25, -0.2) is 0 Å². The van der Waals surface area contributed by atoms with Gasteiger partial charge in [0.05, 0.1) is 5.69 Å². The lowest BCUT2D eigenvalue weighted by atomic mass is 10.2. The van der Waals surface area contributed by atoms with Crippen LogP contribution in [0.4, 0.5) is 5.69 Å². The van der Waals surface area contributed by atoms with Gasteiger partial charge in [-0.2, -0.15) is 0 Å². The Morgan fingerprint density at radius 3 is 2.29 bits per heavy atom. The van der Waals surface area contributed by atoms with E-state index < -0.39 is 0 Å². The summed E-state index contributed by atoms with van der Waals surface area (Å²) in [7, 11) is 2.06. The maximum atomic E-state index is 12.3. The van der Waals surface area contributed by atoms with Crippen LogP contribution < -0.4 is 10.2 Å². The molecule has 1 aliphatic heterocycles. The predicted molar refractivity (Wildman–Crippen MR) is 108 cm³/mol. The van der Waals surface area contributed by atoms with E-state index in [0.717, 1.165) is 19.5 Å². The Kier molecular flexibility index (Phi) is 6.55. The Bertz CT molecular complexity index is 818. The van der Waals surface area contributed by atoms with Crippen LogP contribution in [0.15, 0.2) is 54.6 Å². The van der Waals surface area contributed by atoms with E-state index in [9.17, 15) is 14.4 Å². The molecule has 0 aliphatic carbocycles. The smallest absolute Gasteiger partial charge is 0.251 e. The summed E-state index contributed by atoms with van der Waals surface area (Å²) in [6.45, 7) is 2.35. The molecule has 1 N–H and O–H groups in total. The Morgan fingerprint density at radius 2 is 1.64 bits per heavy atom. The van der Waals surface area contributed by atoms with Crippen LogP contribution in [0.25, 0.3) is 0 Å². The first kappa shape index (κ1) is 19.8. The van der Waals surface area contributed by atoms with Crippen LogP contribution in [0.5, 0.6) is 0 Å². The molecule has 6 nitrogen and oxygen atoms in total. The van der Waals surface area contributed by atoms with Crippen molar-refractivity contribution in [1.29, 1.82) is 0 Å².